The van der Waals surface area contributed by atoms with Crippen molar-refractivity contribution >= 4 is 27.6 Å². The first-order chi connectivity index (χ1) is 12.7. The van der Waals surface area contributed by atoms with Crippen LogP contribution in [0.1, 0.15) is 55.9 Å². The highest BCUT2D eigenvalue weighted by atomic mass is 32.2. The summed E-state index contributed by atoms with van der Waals surface area (Å²) < 4.78 is 27.2. The van der Waals surface area contributed by atoms with Crippen molar-refractivity contribution < 1.29 is 18.0 Å². The van der Waals surface area contributed by atoms with Crippen LogP contribution in [0, 0.1) is 0 Å². The highest BCUT2D eigenvalue weighted by Crippen LogP contribution is 2.38. The SMILES string of the molecule is CCN(C(C)=O)C(C)S(=O)(=O)NC(=O)Nc1c2c(cc3c1CCC3)CCC2. The minimum absolute atomic E-state index is 0.249. The summed E-state index contributed by atoms with van der Waals surface area (Å²) in [5.74, 6) is -0.352. The molecule has 0 heterocycles. The third-order valence-corrected chi connectivity index (χ3v) is 7.20. The summed E-state index contributed by atoms with van der Waals surface area (Å²) in [7, 11) is -4.02. The van der Waals surface area contributed by atoms with E-state index in [4.69, 9.17) is 0 Å². The van der Waals surface area contributed by atoms with Crippen molar-refractivity contribution in [1.29, 1.82) is 0 Å². The van der Waals surface area contributed by atoms with Crippen molar-refractivity contribution in [2.75, 3.05) is 11.9 Å². The van der Waals surface area contributed by atoms with Gasteiger partial charge in [0, 0.05) is 19.2 Å². The lowest BCUT2D eigenvalue weighted by Gasteiger charge is -2.26. The Morgan fingerprint density at radius 2 is 1.67 bits per heavy atom. The number of urea groups is 1. The van der Waals surface area contributed by atoms with Gasteiger partial charge in [0.25, 0.3) is 10.0 Å². The van der Waals surface area contributed by atoms with E-state index in [0.717, 1.165) is 55.3 Å². The fraction of sp³-hybridized carbons (Fsp3) is 0.579. The molecule has 1 unspecified atom stereocenters. The fourth-order valence-corrected chi connectivity index (χ4v) is 5.34. The number of carbonyl (C=O) groups is 2. The van der Waals surface area contributed by atoms with Crippen molar-refractivity contribution in [2.45, 2.75) is 64.7 Å². The molecule has 27 heavy (non-hydrogen) atoms. The van der Waals surface area contributed by atoms with Crippen molar-refractivity contribution in [1.82, 2.24) is 9.62 Å². The molecule has 0 saturated heterocycles. The Morgan fingerprint density at radius 1 is 1.11 bits per heavy atom. The summed E-state index contributed by atoms with van der Waals surface area (Å²) in [5.41, 5.74) is 5.58. The van der Waals surface area contributed by atoms with Crippen LogP contribution < -0.4 is 10.0 Å². The maximum Gasteiger partial charge on any atom is 0.332 e. The molecule has 1 aromatic rings. The number of benzene rings is 1. The predicted molar refractivity (Wildman–Crippen MR) is 104 cm³/mol. The molecule has 8 heteroatoms. The molecule has 0 bridgehead atoms. The number of aryl methyl sites for hydroxylation is 2. The topological polar surface area (TPSA) is 95.6 Å². The molecule has 0 fully saturated rings. The van der Waals surface area contributed by atoms with Gasteiger partial charge < -0.3 is 10.2 Å². The molecule has 3 amide bonds. The van der Waals surface area contributed by atoms with E-state index in [9.17, 15) is 18.0 Å². The summed E-state index contributed by atoms with van der Waals surface area (Å²) in [6.45, 7) is 4.66. The molecular formula is C19H27N3O4S. The number of carbonyl (C=O) groups excluding carboxylic acids is 2. The third-order valence-electron chi connectivity index (χ3n) is 5.58. The van der Waals surface area contributed by atoms with E-state index >= 15 is 0 Å². The van der Waals surface area contributed by atoms with Gasteiger partial charge in [-0.05, 0) is 74.6 Å². The lowest BCUT2D eigenvalue weighted by Crippen LogP contribution is -2.49. The van der Waals surface area contributed by atoms with Crippen molar-refractivity contribution in [3.8, 4) is 0 Å². The molecule has 1 atom stereocenters. The standard InChI is InChI=1S/C19H27N3O4S/c1-4-22(12(2)23)13(3)27(25,26)21-19(24)20-18-16-9-5-7-14(16)11-15-8-6-10-17(15)18/h11,13H,4-10H2,1-3H3,(H2,20,21,24). The first-order valence-corrected chi connectivity index (χ1v) is 11.1. The van der Waals surface area contributed by atoms with E-state index in [0.29, 0.717) is 0 Å². The van der Waals surface area contributed by atoms with Crippen molar-refractivity contribution in [2.24, 2.45) is 0 Å². The minimum Gasteiger partial charge on any atom is -0.325 e. The largest absolute Gasteiger partial charge is 0.332 e. The van der Waals surface area contributed by atoms with Crippen LogP contribution in [-0.4, -0.2) is 37.2 Å². The van der Waals surface area contributed by atoms with E-state index in [2.05, 4.69) is 16.1 Å². The van der Waals surface area contributed by atoms with E-state index in [-0.39, 0.29) is 12.5 Å². The number of hydrogen-bond donors (Lipinski definition) is 2. The smallest absolute Gasteiger partial charge is 0.325 e. The number of rotatable bonds is 5. The average molecular weight is 394 g/mol. The molecule has 0 aromatic heterocycles. The van der Waals surface area contributed by atoms with E-state index in [1.165, 1.54) is 29.9 Å². The Balaban J connectivity index is 1.80. The number of sulfonamides is 1. The molecule has 0 spiro atoms. The quantitative estimate of drug-likeness (QED) is 0.803. The Hall–Kier alpha value is -2.09. The second-order valence-corrected chi connectivity index (χ2v) is 9.22. The van der Waals surface area contributed by atoms with Gasteiger partial charge in [-0.1, -0.05) is 6.07 Å². The van der Waals surface area contributed by atoms with Crippen LogP contribution >= 0.6 is 0 Å². The molecule has 148 valence electrons. The minimum atomic E-state index is -4.02. The van der Waals surface area contributed by atoms with Crippen LogP contribution in [0.25, 0.3) is 0 Å². The number of nitrogens with zero attached hydrogens (tertiary/aromatic N) is 1. The second-order valence-electron chi connectivity index (χ2n) is 7.24. The normalized spacial score (nSPS) is 16.4. The van der Waals surface area contributed by atoms with Crippen LogP contribution in [0.4, 0.5) is 10.5 Å². The third kappa shape index (κ3) is 3.81. The maximum absolute atomic E-state index is 12.5. The van der Waals surface area contributed by atoms with Gasteiger partial charge in [-0.25, -0.2) is 17.9 Å². The zero-order chi connectivity index (χ0) is 19.8. The molecular weight excluding hydrogens is 366 g/mol. The predicted octanol–water partition coefficient (Wildman–Crippen LogP) is 2.33. The highest BCUT2D eigenvalue weighted by molar-refractivity contribution is 7.90. The first kappa shape index (κ1) is 19.7. The summed E-state index contributed by atoms with van der Waals surface area (Å²) in [6, 6.07) is 1.48. The van der Waals surface area contributed by atoms with Crippen LogP contribution in [0.5, 0.6) is 0 Å². The zero-order valence-corrected chi connectivity index (χ0v) is 16.9. The van der Waals surface area contributed by atoms with Gasteiger partial charge >= 0.3 is 6.03 Å². The molecule has 0 radical (unpaired) electrons. The van der Waals surface area contributed by atoms with Gasteiger partial charge in [-0.15, -0.1) is 0 Å². The lowest BCUT2D eigenvalue weighted by molar-refractivity contribution is -0.129. The summed E-state index contributed by atoms with van der Waals surface area (Å²) >= 11 is 0. The molecule has 2 N–H and O–H groups in total. The average Bonchev–Trinajstić information content (AvgIpc) is 3.23. The molecule has 3 rings (SSSR count). The van der Waals surface area contributed by atoms with Gasteiger partial charge in [0.1, 0.15) is 0 Å². The zero-order valence-electron chi connectivity index (χ0n) is 16.1. The van der Waals surface area contributed by atoms with Crippen LogP contribution in [-0.2, 0) is 40.5 Å². The molecule has 2 aliphatic rings. The van der Waals surface area contributed by atoms with Crippen molar-refractivity contribution in [3.05, 3.63) is 28.3 Å². The summed E-state index contributed by atoms with van der Waals surface area (Å²) in [4.78, 5) is 25.3. The highest BCUT2D eigenvalue weighted by Gasteiger charge is 2.31. The molecule has 0 aliphatic heterocycles. The lowest BCUT2D eigenvalue weighted by atomic mass is 9.99. The van der Waals surface area contributed by atoms with Crippen LogP contribution in [0.15, 0.2) is 6.07 Å². The number of amides is 3. The van der Waals surface area contributed by atoms with E-state index in [1.54, 1.807) is 6.92 Å². The summed E-state index contributed by atoms with van der Waals surface area (Å²) in [6.07, 6.45) is 5.89. The van der Waals surface area contributed by atoms with Crippen molar-refractivity contribution in [3.63, 3.8) is 0 Å². The van der Waals surface area contributed by atoms with Gasteiger partial charge in [0.2, 0.25) is 5.91 Å². The van der Waals surface area contributed by atoms with Gasteiger partial charge in [-0.2, -0.15) is 0 Å². The van der Waals surface area contributed by atoms with Gasteiger partial charge in [0.15, 0.2) is 5.37 Å². The Bertz CT molecular complexity index is 847. The Kier molecular flexibility index (Phi) is 5.46. The van der Waals surface area contributed by atoms with E-state index in [1.807, 2.05) is 0 Å². The first-order valence-electron chi connectivity index (χ1n) is 9.51. The van der Waals surface area contributed by atoms with Gasteiger partial charge in [0.05, 0.1) is 0 Å². The maximum atomic E-state index is 12.5. The monoisotopic (exact) mass is 393 g/mol. The van der Waals surface area contributed by atoms with Crippen LogP contribution in [0.3, 0.4) is 0 Å². The fourth-order valence-electron chi connectivity index (χ4n) is 4.22. The number of nitrogens with one attached hydrogen (secondary N) is 2. The second kappa shape index (κ2) is 7.50. The Morgan fingerprint density at radius 3 is 2.15 bits per heavy atom. The Labute approximate surface area is 160 Å². The molecule has 2 aliphatic carbocycles. The molecule has 1 aromatic carbocycles. The molecule has 0 saturated carbocycles. The number of anilines is 1. The van der Waals surface area contributed by atoms with Crippen LogP contribution in [0.2, 0.25) is 0 Å². The van der Waals surface area contributed by atoms with E-state index < -0.39 is 21.4 Å². The van der Waals surface area contributed by atoms with Gasteiger partial charge in [-0.3, -0.25) is 4.79 Å². The summed E-state index contributed by atoms with van der Waals surface area (Å²) in [5, 5.41) is 1.68. The number of fused-ring (bicyclic) bond motifs is 2. The number of hydrogen-bond acceptors (Lipinski definition) is 4. The molecule has 7 nitrogen and oxygen atoms in total.